The zero-order valence-electron chi connectivity index (χ0n) is 19.2. The molecule has 7 heteroatoms. The molecule has 0 bridgehead atoms. The lowest BCUT2D eigenvalue weighted by Crippen LogP contribution is -2.30. The third-order valence-electron chi connectivity index (χ3n) is 7.12. The van der Waals surface area contributed by atoms with E-state index < -0.39 is 0 Å². The first-order valence-electron chi connectivity index (χ1n) is 12.0. The van der Waals surface area contributed by atoms with E-state index in [2.05, 4.69) is 15.6 Å². The Balaban J connectivity index is 1.55. The van der Waals surface area contributed by atoms with Crippen LogP contribution in [0.25, 0.3) is 22.0 Å². The first-order chi connectivity index (χ1) is 16.4. The standard InChI is InChI=1S/C27H29Cl2N3O2/c1-30-13-15-2-7-19(8-3-15)32-25-20-10-17(18-11-22(28)27(34)23(29)12-18)6-9-24(20)31-14-21(25)26(33)16-4-5-16/h6,9-12,14-16,19,30,34H,2-5,7-8,13H2,1H3,(H,31,32)/t15-,19-. The van der Waals surface area contributed by atoms with E-state index in [4.69, 9.17) is 23.2 Å². The first kappa shape index (κ1) is 23.4. The Morgan fingerprint density at radius 3 is 2.38 bits per heavy atom. The minimum Gasteiger partial charge on any atom is -0.505 e. The Bertz CT molecular complexity index is 1210. The predicted molar refractivity (Wildman–Crippen MR) is 139 cm³/mol. The summed E-state index contributed by atoms with van der Waals surface area (Å²) in [6.07, 6.45) is 8.15. The molecule has 0 amide bonds. The SMILES string of the molecule is CNC[C@H]1CC[C@H](Nc2c(C(=O)C3CC3)cnc3ccc(-c4cc(Cl)c(O)c(Cl)c4)cc23)CC1. The molecule has 178 valence electrons. The highest BCUT2D eigenvalue weighted by molar-refractivity contribution is 6.37. The van der Waals surface area contributed by atoms with Crippen LogP contribution in [0.2, 0.25) is 10.0 Å². The van der Waals surface area contributed by atoms with Crippen LogP contribution in [-0.4, -0.2) is 35.5 Å². The number of Topliss-reactive ketones (excluding diaryl/α,β-unsaturated/α-hetero) is 1. The molecule has 2 aliphatic rings. The number of nitrogens with zero attached hydrogens (tertiary/aromatic N) is 1. The van der Waals surface area contributed by atoms with Crippen LogP contribution in [-0.2, 0) is 0 Å². The summed E-state index contributed by atoms with van der Waals surface area (Å²) in [7, 11) is 2.01. The van der Waals surface area contributed by atoms with E-state index in [-0.39, 0.29) is 27.5 Å². The lowest BCUT2D eigenvalue weighted by Gasteiger charge is -2.30. The van der Waals surface area contributed by atoms with Gasteiger partial charge in [-0.15, -0.1) is 0 Å². The quantitative estimate of drug-likeness (QED) is 0.316. The monoisotopic (exact) mass is 497 g/mol. The second-order valence-electron chi connectivity index (χ2n) is 9.63. The van der Waals surface area contributed by atoms with E-state index >= 15 is 0 Å². The second kappa shape index (κ2) is 9.73. The van der Waals surface area contributed by atoms with Crippen molar-refractivity contribution < 1.29 is 9.90 Å². The van der Waals surface area contributed by atoms with Gasteiger partial charge < -0.3 is 15.7 Å². The molecule has 1 heterocycles. The summed E-state index contributed by atoms with van der Waals surface area (Å²) >= 11 is 12.4. The number of pyridine rings is 1. The van der Waals surface area contributed by atoms with Crippen LogP contribution in [0.15, 0.2) is 36.5 Å². The predicted octanol–water partition coefficient (Wildman–Crippen LogP) is 6.70. The Labute approximate surface area is 209 Å². The number of nitrogens with one attached hydrogen (secondary N) is 2. The van der Waals surface area contributed by atoms with Gasteiger partial charge in [0.2, 0.25) is 0 Å². The molecule has 34 heavy (non-hydrogen) atoms. The van der Waals surface area contributed by atoms with E-state index in [0.717, 1.165) is 59.9 Å². The average molecular weight is 498 g/mol. The number of phenolic OH excluding ortho intramolecular Hbond substituents is 1. The lowest BCUT2D eigenvalue weighted by molar-refractivity contribution is 0.0968. The molecule has 5 nitrogen and oxygen atoms in total. The van der Waals surface area contributed by atoms with Gasteiger partial charge in [0.1, 0.15) is 0 Å². The number of aromatic nitrogens is 1. The van der Waals surface area contributed by atoms with Gasteiger partial charge in [-0.3, -0.25) is 9.78 Å². The fourth-order valence-electron chi connectivity index (χ4n) is 5.02. The average Bonchev–Trinajstić information content (AvgIpc) is 3.69. The third-order valence-corrected chi connectivity index (χ3v) is 7.70. The maximum Gasteiger partial charge on any atom is 0.169 e. The molecule has 0 spiro atoms. The zero-order chi connectivity index (χ0) is 23.8. The van der Waals surface area contributed by atoms with Crippen molar-refractivity contribution in [2.24, 2.45) is 11.8 Å². The second-order valence-corrected chi connectivity index (χ2v) is 10.4. The molecule has 0 atom stereocenters. The molecule has 0 saturated heterocycles. The number of halogens is 2. The molecular formula is C27H29Cl2N3O2. The summed E-state index contributed by atoms with van der Waals surface area (Å²) in [5.41, 5.74) is 4.10. The van der Waals surface area contributed by atoms with Crippen molar-refractivity contribution in [2.75, 3.05) is 18.9 Å². The maximum absolute atomic E-state index is 13.2. The van der Waals surface area contributed by atoms with Gasteiger partial charge in [-0.25, -0.2) is 0 Å². The van der Waals surface area contributed by atoms with Gasteiger partial charge in [-0.2, -0.15) is 0 Å². The van der Waals surface area contributed by atoms with Crippen LogP contribution in [0.1, 0.15) is 48.9 Å². The van der Waals surface area contributed by atoms with Gasteiger partial charge >= 0.3 is 0 Å². The summed E-state index contributed by atoms with van der Waals surface area (Å²) in [6.45, 7) is 1.05. The molecule has 2 fully saturated rings. The molecule has 1 aromatic heterocycles. The van der Waals surface area contributed by atoms with Crippen LogP contribution in [0.3, 0.4) is 0 Å². The summed E-state index contributed by atoms with van der Waals surface area (Å²) < 4.78 is 0. The van der Waals surface area contributed by atoms with Gasteiger partial charge in [0.15, 0.2) is 11.5 Å². The number of anilines is 1. The van der Waals surface area contributed by atoms with E-state index in [9.17, 15) is 9.90 Å². The summed E-state index contributed by atoms with van der Waals surface area (Å²) in [5, 5.41) is 18.3. The molecule has 3 N–H and O–H groups in total. The van der Waals surface area contributed by atoms with Gasteiger partial charge in [-0.1, -0.05) is 29.3 Å². The number of carbonyl (C=O) groups is 1. The topological polar surface area (TPSA) is 74.2 Å². The first-order valence-corrected chi connectivity index (χ1v) is 12.8. The summed E-state index contributed by atoms with van der Waals surface area (Å²) in [6, 6.07) is 9.69. The number of aromatic hydroxyl groups is 1. The highest BCUT2D eigenvalue weighted by Gasteiger charge is 2.33. The number of carbonyl (C=O) groups excluding carboxylic acids is 1. The van der Waals surface area contributed by atoms with Crippen LogP contribution >= 0.6 is 23.2 Å². The maximum atomic E-state index is 13.2. The van der Waals surface area contributed by atoms with Crippen molar-refractivity contribution in [3.63, 3.8) is 0 Å². The van der Waals surface area contributed by atoms with E-state index in [0.29, 0.717) is 17.5 Å². The molecule has 2 aromatic carbocycles. The van der Waals surface area contributed by atoms with Gasteiger partial charge in [0.05, 0.1) is 26.8 Å². The Hall–Kier alpha value is -2.34. The number of phenols is 1. The van der Waals surface area contributed by atoms with E-state index in [1.807, 2.05) is 25.2 Å². The highest BCUT2D eigenvalue weighted by Crippen LogP contribution is 2.40. The largest absolute Gasteiger partial charge is 0.505 e. The highest BCUT2D eigenvalue weighted by atomic mass is 35.5. The van der Waals surface area contributed by atoms with Crippen molar-refractivity contribution >= 4 is 45.6 Å². The zero-order valence-corrected chi connectivity index (χ0v) is 20.7. The minimum atomic E-state index is -0.122. The Morgan fingerprint density at radius 1 is 1.03 bits per heavy atom. The number of benzene rings is 2. The van der Waals surface area contributed by atoms with Gasteiger partial charge in [0.25, 0.3) is 0 Å². The van der Waals surface area contributed by atoms with Crippen molar-refractivity contribution in [1.82, 2.24) is 10.3 Å². The number of hydrogen-bond donors (Lipinski definition) is 3. The van der Waals surface area contributed by atoms with Crippen molar-refractivity contribution in [3.05, 3.63) is 52.1 Å². The molecule has 2 aliphatic carbocycles. The van der Waals surface area contributed by atoms with Gasteiger partial charge in [-0.05, 0) is 93.4 Å². The molecule has 2 saturated carbocycles. The van der Waals surface area contributed by atoms with Crippen LogP contribution < -0.4 is 10.6 Å². The van der Waals surface area contributed by atoms with Gasteiger partial charge in [0, 0.05) is 23.5 Å². The Morgan fingerprint density at radius 2 is 1.74 bits per heavy atom. The fourth-order valence-corrected chi connectivity index (χ4v) is 5.50. The molecule has 3 aromatic rings. The van der Waals surface area contributed by atoms with E-state index in [1.54, 1.807) is 18.3 Å². The minimum absolute atomic E-state index is 0.115. The smallest absolute Gasteiger partial charge is 0.169 e. The Kier molecular flexibility index (Phi) is 6.70. The molecule has 5 rings (SSSR count). The van der Waals surface area contributed by atoms with Crippen molar-refractivity contribution in [2.45, 2.75) is 44.6 Å². The van der Waals surface area contributed by atoms with E-state index in [1.165, 1.54) is 12.8 Å². The normalized spacial score (nSPS) is 20.4. The lowest BCUT2D eigenvalue weighted by atomic mass is 9.85. The third kappa shape index (κ3) is 4.74. The van der Waals surface area contributed by atoms with Crippen molar-refractivity contribution in [1.29, 1.82) is 0 Å². The molecule has 0 unspecified atom stereocenters. The number of fused-ring (bicyclic) bond motifs is 1. The summed E-state index contributed by atoms with van der Waals surface area (Å²) in [5.74, 6) is 0.884. The number of rotatable bonds is 7. The number of ketones is 1. The van der Waals surface area contributed by atoms with Crippen LogP contribution in [0.5, 0.6) is 5.75 Å². The summed E-state index contributed by atoms with van der Waals surface area (Å²) in [4.78, 5) is 17.8. The molecule has 0 aliphatic heterocycles. The molecule has 0 radical (unpaired) electrons. The fraction of sp³-hybridized carbons (Fsp3) is 0.407. The van der Waals surface area contributed by atoms with Crippen molar-refractivity contribution in [3.8, 4) is 16.9 Å². The van der Waals surface area contributed by atoms with Crippen LogP contribution in [0, 0.1) is 11.8 Å². The van der Waals surface area contributed by atoms with Crippen LogP contribution in [0.4, 0.5) is 5.69 Å². The number of hydrogen-bond acceptors (Lipinski definition) is 5. The molecular weight excluding hydrogens is 469 g/mol.